The molecule has 2 aliphatic heterocycles. The molecule has 4 fully saturated rings. The van der Waals surface area contributed by atoms with E-state index in [0.717, 1.165) is 31.7 Å². The number of rotatable bonds is 5. The fraction of sp³-hybridized carbons (Fsp3) is 1.00. The number of ether oxygens (including phenoxy) is 1. The van der Waals surface area contributed by atoms with E-state index in [4.69, 9.17) is 4.74 Å². The summed E-state index contributed by atoms with van der Waals surface area (Å²) < 4.78 is 6.06. The maximum absolute atomic E-state index is 6.06. The lowest BCUT2D eigenvalue weighted by Gasteiger charge is -2.34. The zero-order valence-corrected chi connectivity index (χ0v) is 13.9. The molecule has 2 saturated carbocycles. The first-order valence-corrected chi connectivity index (χ1v) is 9.72. The Morgan fingerprint density at radius 2 is 1.91 bits per heavy atom. The topological polar surface area (TPSA) is 36.5 Å². The van der Waals surface area contributed by atoms with E-state index in [1.807, 2.05) is 0 Å². The minimum absolute atomic E-state index is 0.394. The molecule has 2 N–H and O–H groups in total. The molecule has 4 rings (SSSR count). The molecular formula is C18H33N3O. The molecule has 126 valence electrons. The van der Waals surface area contributed by atoms with Crippen LogP contribution in [-0.2, 0) is 4.74 Å². The van der Waals surface area contributed by atoms with Gasteiger partial charge in [0.1, 0.15) is 0 Å². The first-order chi connectivity index (χ1) is 10.9. The first kappa shape index (κ1) is 15.4. The number of likely N-dealkylation sites (tertiary alicyclic amines) is 1. The zero-order chi connectivity index (χ0) is 14.8. The number of nitrogens with zero attached hydrogens (tertiary/aromatic N) is 1. The third-order valence-corrected chi connectivity index (χ3v) is 6.23. The summed E-state index contributed by atoms with van der Waals surface area (Å²) in [5.41, 5.74) is 0. The molecule has 0 amide bonds. The van der Waals surface area contributed by atoms with Crippen molar-refractivity contribution in [3.63, 3.8) is 0 Å². The predicted octanol–water partition coefficient (Wildman–Crippen LogP) is 1.75. The highest BCUT2D eigenvalue weighted by Crippen LogP contribution is 2.36. The third-order valence-electron chi connectivity index (χ3n) is 6.23. The van der Waals surface area contributed by atoms with E-state index >= 15 is 0 Å². The molecule has 0 spiro atoms. The summed E-state index contributed by atoms with van der Waals surface area (Å²) in [4.78, 5) is 2.78. The minimum atomic E-state index is 0.394. The van der Waals surface area contributed by atoms with Crippen molar-refractivity contribution in [3.05, 3.63) is 0 Å². The summed E-state index contributed by atoms with van der Waals surface area (Å²) in [6.07, 6.45) is 11.8. The Bertz CT molecular complexity index is 348. The molecule has 4 aliphatic rings. The summed E-state index contributed by atoms with van der Waals surface area (Å²) in [6, 6.07) is 2.16. The second-order valence-corrected chi connectivity index (χ2v) is 7.92. The fourth-order valence-corrected chi connectivity index (χ4v) is 4.79. The average molecular weight is 307 g/mol. The van der Waals surface area contributed by atoms with Crippen LogP contribution in [0.3, 0.4) is 0 Å². The molecule has 0 radical (unpaired) electrons. The van der Waals surface area contributed by atoms with Crippen LogP contribution in [-0.4, -0.2) is 61.9 Å². The van der Waals surface area contributed by atoms with Gasteiger partial charge in [0, 0.05) is 44.3 Å². The van der Waals surface area contributed by atoms with E-state index in [1.165, 1.54) is 64.5 Å². The summed E-state index contributed by atoms with van der Waals surface area (Å²) >= 11 is 0. The van der Waals surface area contributed by atoms with Gasteiger partial charge < -0.3 is 15.4 Å². The zero-order valence-electron chi connectivity index (χ0n) is 13.9. The van der Waals surface area contributed by atoms with Crippen molar-refractivity contribution in [2.75, 3.05) is 32.8 Å². The van der Waals surface area contributed by atoms with Crippen molar-refractivity contribution < 1.29 is 4.74 Å². The van der Waals surface area contributed by atoms with Gasteiger partial charge in [-0.25, -0.2) is 0 Å². The van der Waals surface area contributed by atoms with Crippen LogP contribution in [0.5, 0.6) is 0 Å². The lowest BCUT2D eigenvalue weighted by Crippen LogP contribution is -2.54. The maximum atomic E-state index is 6.06. The number of hydrogen-bond acceptors (Lipinski definition) is 4. The normalized spacial score (nSPS) is 36.5. The van der Waals surface area contributed by atoms with Crippen molar-refractivity contribution in [1.29, 1.82) is 0 Å². The van der Waals surface area contributed by atoms with Gasteiger partial charge in [-0.3, -0.25) is 4.90 Å². The molecule has 4 nitrogen and oxygen atoms in total. The lowest BCUT2D eigenvalue weighted by atomic mass is 9.94. The quantitative estimate of drug-likeness (QED) is 0.811. The molecule has 3 unspecified atom stereocenters. The van der Waals surface area contributed by atoms with Gasteiger partial charge in [-0.2, -0.15) is 0 Å². The fourth-order valence-electron chi connectivity index (χ4n) is 4.79. The molecule has 22 heavy (non-hydrogen) atoms. The van der Waals surface area contributed by atoms with Gasteiger partial charge in [0.15, 0.2) is 0 Å². The smallest absolute Gasteiger partial charge is 0.0855 e. The molecule has 2 heterocycles. The molecule has 0 bridgehead atoms. The molecule has 0 aromatic carbocycles. The van der Waals surface area contributed by atoms with Gasteiger partial charge in [0.05, 0.1) is 12.7 Å². The van der Waals surface area contributed by atoms with Gasteiger partial charge in [-0.1, -0.05) is 19.3 Å². The first-order valence-electron chi connectivity index (χ1n) is 9.72. The van der Waals surface area contributed by atoms with Gasteiger partial charge in [-0.05, 0) is 38.0 Å². The Balaban J connectivity index is 1.30. The van der Waals surface area contributed by atoms with E-state index in [1.54, 1.807) is 0 Å². The largest absolute Gasteiger partial charge is 0.374 e. The number of nitrogens with one attached hydrogen (secondary N) is 2. The van der Waals surface area contributed by atoms with Crippen LogP contribution in [0.2, 0.25) is 0 Å². The Hall–Kier alpha value is -0.160. The maximum Gasteiger partial charge on any atom is 0.0855 e. The van der Waals surface area contributed by atoms with Gasteiger partial charge in [0.2, 0.25) is 0 Å². The lowest BCUT2D eigenvalue weighted by molar-refractivity contribution is -0.00339. The Labute approximate surface area is 135 Å². The van der Waals surface area contributed by atoms with Crippen LogP contribution in [0, 0.1) is 5.92 Å². The van der Waals surface area contributed by atoms with Crippen molar-refractivity contribution in [2.24, 2.45) is 5.92 Å². The molecule has 3 atom stereocenters. The highest BCUT2D eigenvalue weighted by atomic mass is 16.5. The summed E-state index contributed by atoms with van der Waals surface area (Å²) in [6.45, 7) is 5.52. The highest BCUT2D eigenvalue weighted by Gasteiger charge is 2.40. The second kappa shape index (κ2) is 7.16. The van der Waals surface area contributed by atoms with Crippen molar-refractivity contribution in [1.82, 2.24) is 15.5 Å². The van der Waals surface area contributed by atoms with Gasteiger partial charge in [0.25, 0.3) is 0 Å². The Kier molecular flexibility index (Phi) is 5.01. The van der Waals surface area contributed by atoms with E-state index in [-0.39, 0.29) is 0 Å². The Morgan fingerprint density at radius 1 is 1.05 bits per heavy atom. The van der Waals surface area contributed by atoms with Gasteiger partial charge >= 0.3 is 0 Å². The second-order valence-electron chi connectivity index (χ2n) is 7.92. The molecule has 0 aromatic rings. The van der Waals surface area contributed by atoms with Crippen molar-refractivity contribution in [3.8, 4) is 0 Å². The summed E-state index contributed by atoms with van der Waals surface area (Å²) in [7, 11) is 0. The van der Waals surface area contributed by atoms with Crippen LogP contribution >= 0.6 is 0 Å². The van der Waals surface area contributed by atoms with Crippen LogP contribution in [0.4, 0.5) is 0 Å². The van der Waals surface area contributed by atoms with E-state index < -0.39 is 0 Å². The predicted molar refractivity (Wildman–Crippen MR) is 89.1 cm³/mol. The minimum Gasteiger partial charge on any atom is -0.374 e. The highest BCUT2D eigenvalue weighted by molar-refractivity contribution is 4.97. The van der Waals surface area contributed by atoms with Crippen molar-refractivity contribution >= 4 is 0 Å². The molecule has 0 aromatic heterocycles. The van der Waals surface area contributed by atoms with Crippen LogP contribution in [0.1, 0.15) is 51.4 Å². The van der Waals surface area contributed by atoms with Gasteiger partial charge in [-0.15, -0.1) is 0 Å². The van der Waals surface area contributed by atoms with Crippen LogP contribution < -0.4 is 10.6 Å². The average Bonchev–Trinajstić information content (AvgIpc) is 3.32. The molecule has 4 heteroatoms. The summed E-state index contributed by atoms with van der Waals surface area (Å²) in [5.74, 6) is 0.869. The van der Waals surface area contributed by atoms with E-state index in [2.05, 4.69) is 15.5 Å². The van der Waals surface area contributed by atoms with E-state index in [9.17, 15) is 0 Å². The third kappa shape index (κ3) is 3.66. The van der Waals surface area contributed by atoms with E-state index in [0.29, 0.717) is 18.2 Å². The standard InChI is InChI=1S/C18H33N3O/c1-2-4-16(5-3-1)21-10-8-15(13-21)20-18(14-6-7-14)17-12-19-9-11-22-17/h14-20H,1-13H2. The molecule has 2 saturated heterocycles. The number of hydrogen-bond donors (Lipinski definition) is 2. The Morgan fingerprint density at radius 3 is 2.64 bits per heavy atom. The van der Waals surface area contributed by atoms with Crippen molar-refractivity contribution in [2.45, 2.75) is 75.6 Å². The molecular weight excluding hydrogens is 274 g/mol. The van der Waals surface area contributed by atoms with Crippen LogP contribution in [0.25, 0.3) is 0 Å². The SMILES string of the molecule is C1CCC(N2CCC(NC(C3CC3)C3CNCCO3)C2)CC1. The monoisotopic (exact) mass is 307 g/mol. The number of morpholine rings is 1. The summed E-state index contributed by atoms with van der Waals surface area (Å²) in [5, 5.41) is 7.52. The molecule has 2 aliphatic carbocycles. The van der Waals surface area contributed by atoms with Crippen LogP contribution in [0.15, 0.2) is 0 Å².